The van der Waals surface area contributed by atoms with E-state index in [-0.39, 0.29) is 23.4 Å². The quantitative estimate of drug-likeness (QED) is 0.281. The second-order valence-corrected chi connectivity index (χ2v) is 8.47. The van der Waals surface area contributed by atoms with E-state index in [0.29, 0.717) is 11.4 Å². The molecule has 0 aromatic heterocycles. The number of carbonyl (C=O) groups excluding carboxylic acids is 4. The molecule has 3 aromatic rings. The first-order valence-electron chi connectivity index (χ1n) is 11.4. The van der Waals surface area contributed by atoms with Gasteiger partial charge in [-0.1, -0.05) is 29.8 Å². The number of hydrogen-bond acceptors (Lipinski definition) is 6. The maximum Gasteiger partial charge on any atom is 0.306 e. The van der Waals surface area contributed by atoms with E-state index >= 15 is 0 Å². The fourth-order valence-electron chi connectivity index (χ4n) is 3.05. The van der Waals surface area contributed by atoms with Crippen molar-refractivity contribution in [2.75, 3.05) is 11.9 Å². The highest BCUT2D eigenvalue weighted by molar-refractivity contribution is 6.33. The van der Waals surface area contributed by atoms with Crippen molar-refractivity contribution in [1.29, 1.82) is 0 Å². The first-order chi connectivity index (χ1) is 17.7. The van der Waals surface area contributed by atoms with Gasteiger partial charge in [0.25, 0.3) is 11.8 Å². The molecule has 192 valence electrons. The molecule has 0 radical (unpaired) electrons. The van der Waals surface area contributed by atoms with Crippen LogP contribution in [0.15, 0.2) is 66.7 Å². The monoisotopic (exact) mass is 523 g/mol. The summed E-state index contributed by atoms with van der Waals surface area (Å²) in [5.74, 6) is -1.16. The van der Waals surface area contributed by atoms with Crippen LogP contribution in [-0.4, -0.2) is 30.3 Å². The van der Waals surface area contributed by atoms with E-state index in [0.717, 1.165) is 11.3 Å². The third-order valence-electron chi connectivity index (χ3n) is 5.21. The molecule has 0 heterocycles. The summed E-state index contributed by atoms with van der Waals surface area (Å²) in [5.41, 5.74) is 7.32. The number of benzene rings is 3. The third-order valence-corrected chi connectivity index (χ3v) is 5.54. The number of hydrogen-bond donors (Lipinski definition) is 3. The zero-order chi connectivity index (χ0) is 26.8. The molecule has 0 fully saturated rings. The normalized spacial score (nSPS) is 10.2. The molecule has 37 heavy (non-hydrogen) atoms. The molecule has 0 unspecified atom stereocenters. The van der Waals surface area contributed by atoms with Crippen molar-refractivity contribution in [3.05, 3.63) is 88.4 Å². The summed E-state index contributed by atoms with van der Waals surface area (Å²) in [6, 6.07) is 19.0. The Morgan fingerprint density at radius 3 is 2.19 bits per heavy atom. The number of aryl methyl sites for hydroxylation is 2. The van der Waals surface area contributed by atoms with E-state index < -0.39 is 30.3 Å². The fourth-order valence-corrected chi connectivity index (χ4v) is 3.27. The number of ether oxygens (including phenoxy) is 2. The molecule has 9 nitrogen and oxygen atoms in total. The topological polar surface area (TPSA) is 123 Å². The number of esters is 1. The number of halogens is 1. The average molecular weight is 524 g/mol. The first kappa shape index (κ1) is 27.2. The number of hydrazine groups is 1. The SMILES string of the molecule is Cc1ccc(Oc2ccc(NC(=O)CCC(=O)OCC(=O)NNC(=O)c3ccccc3Cl)cc2)cc1C. The van der Waals surface area contributed by atoms with E-state index in [2.05, 4.69) is 16.2 Å². The summed E-state index contributed by atoms with van der Waals surface area (Å²) < 4.78 is 10.7. The van der Waals surface area contributed by atoms with Crippen LogP contribution in [-0.2, 0) is 19.1 Å². The minimum Gasteiger partial charge on any atom is -0.457 e. The average Bonchev–Trinajstić information content (AvgIpc) is 2.88. The summed E-state index contributed by atoms with van der Waals surface area (Å²) in [4.78, 5) is 47.8. The number of nitrogens with one attached hydrogen (secondary N) is 3. The smallest absolute Gasteiger partial charge is 0.306 e. The maximum absolute atomic E-state index is 12.2. The predicted octanol–water partition coefficient (Wildman–Crippen LogP) is 4.47. The summed E-state index contributed by atoms with van der Waals surface area (Å²) in [6.07, 6.45) is -0.357. The van der Waals surface area contributed by atoms with Gasteiger partial charge < -0.3 is 14.8 Å². The van der Waals surface area contributed by atoms with Crippen LogP contribution in [0.3, 0.4) is 0 Å². The second-order valence-electron chi connectivity index (χ2n) is 8.06. The molecule has 0 aliphatic heterocycles. The highest BCUT2D eigenvalue weighted by Crippen LogP contribution is 2.25. The Kier molecular flexibility index (Phi) is 9.62. The molecule has 0 bridgehead atoms. The van der Waals surface area contributed by atoms with Gasteiger partial charge in [0, 0.05) is 12.1 Å². The third kappa shape index (κ3) is 8.66. The van der Waals surface area contributed by atoms with Gasteiger partial charge in [-0.15, -0.1) is 0 Å². The molecule has 0 atom stereocenters. The lowest BCUT2D eigenvalue weighted by Gasteiger charge is -2.10. The van der Waals surface area contributed by atoms with Gasteiger partial charge >= 0.3 is 5.97 Å². The Bertz CT molecular complexity index is 1290. The molecule has 0 saturated carbocycles. The number of amides is 3. The zero-order valence-electron chi connectivity index (χ0n) is 20.3. The van der Waals surface area contributed by atoms with Gasteiger partial charge in [0.15, 0.2) is 6.61 Å². The van der Waals surface area contributed by atoms with Gasteiger partial charge in [0.05, 0.1) is 17.0 Å². The van der Waals surface area contributed by atoms with Crippen LogP contribution in [0.2, 0.25) is 5.02 Å². The molecule has 0 aliphatic rings. The van der Waals surface area contributed by atoms with Gasteiger partial charge in [-0.3, -0.25) is 30.0 Å². The highest BCUT2D eigenvalue weighted by Gasteiger charge is 2.13. The lowest BCUT2D eigenvalue weighted by atomic mass is 10.1. The molecule has 0 saturated heterocycles. The van der Waals surface area contributed by atoms with Crippen molar-refractivity contribution in [2.24, 2.45) is 0 Å². The van der Waals surface area contributed by atoms with Crippen LogP contribution in [0.5, 0.6) is 11.5 Å². The van der Waals surface area contributed by atoms with E-state index in [4.69, 9.17) is 21.1 Å². The van der Waals surface area contributed by atoms with Crippen molar-refractivity contribution >= 4 is 41.0 Å². The molecule has 0 spiro atoms. The van der Waals surface area contributed by atoms with Crippen molar-refractivity contribution in [3.8, 4) is 11.5 Å². The van der Waals surface area contributed by atoms with E-state index in [1.807, 2.05) is 32.0 Å². The highest BCUT2D eigenvalue weighted by atomic mass is 35.5. The molecule has 0 aliphatic carbocycles. The van der Waals surface area contributed by atoms with Gasteiger partial charge in [-0.2, -0.15) is 0 Å². The summed E-state index contributed by atoms with van der Waals surface area (Å²) in [6.45, 7) is 3.42. The van der Waals surface area contributed by atoms with Gasteiger partial charge in [0.1, 0.15) is 11.5 Å². The van der Waals surface area contributed by atoms with Crippen LogP contribution in [0.4, 0.5) is 5.69 Å². The lowest BCUT2D eigenvalue weighted by Crippen LogP contribution is -2.43. The van der Waals surface area contributed by atoms with Crippen LogP contribution in [0.25, 0.3) is 0 Å². The molecule has 3 amide bonds. The van der Waals surface area contributed by atoms with Crippen molar-refractivity contribution in [3.63, 3.8) is 0 Å². The molecule has 10 heteroatoms. The molecular weight excluding hydrogens is 498 g/mol. The Morgan fingerprint density at radius 1 is 0.784 bits per heavy atom. The minimum atomic E-state index is -0.749. The lowest BCUT2D eigenvalue weighted by molar-refractivity contribution is -0.149. The Balaban J connectivity index is 1.34. The first-order valence-corrected chi connectivity index (χ1v) is 11.7. The summed E-state index contributed by atoms with van der Waals surface area (Å²) in [7, 11) is 0. The predicted molar refractivity (Wildman–Crippen MR) is 138 cm³/mol. The molecule has 3 rings (SSSR count). The molecule has 3 aromatic carbocycles. The van der Waals surface area contributed by atoms with E-state index in [1.54, 1.807) is 36.4 Å². The van der Waals surface area contributed by atoms with Gasteiger partial charge in [0.2, 0.25) is 5.91 Å². The molecular formula is C27H26ClN3O6. The van der Waals surface area contributed by atoms with Crippen molar-refractivity contribution < 1.29 is 28.7 Å². The Morgan fingerprint density at radius 2 is 1.49 bits per heavy atom. The summed E-state index contributed by atoms with van der Waals surface area (Å²) in [5, 5.41) is 2.91. The second kappa shape index (κ2) is 13.1. The van der Waals surface area contributed by atoms with Gasteiger partial charge in [-0.25, -0.2) is 0 Å². The van der Waals surface area contributed by atoms with Crippen LogP contribution >= 0.6 is 11.6 Å². The Labute approximate surface area is 219 Å². The minimum absolute atomic E-state index is 0.134. The van der Waals surface area contributed by atoms with Crippen LogP contribution in [0, 0.1) is 13.8 Å². The maximum atomic E-state index is 12.2. The molecule has 3 N–H and O–H groups in total. The van der Waals surface area contributed by atoms with Crippen molar-refractivity contribution in [2.45, 2.75) is 26.7 Å². The van der Waals surface area contributed by atoms with Gasteiger partial charge in [-0.05, 0) is 73.5 Å². The number of rotatable bonds is 9. The van der Waals surface area contributed by atoms with Crippen molar-refractivity contribution in [1.82, 2.24) is 10.9 Å². The zero-order valence-corrected chi connectivity index (χ0v) is 21.1. The summed E-state index contributed by atoms with van der Waals surface area (Å²) >= 11 is 5.91. The van der Waals surface area contributed by atoms with Crippen LogP contribution < -0.4 is 20.9 Å². The number of anilines is 1. The Hall–Kier alpha value is -4.37. The number of carbonyl (C=O) groups is 4. The van der Waals surface area contributed by atoms with Crippen LogP contribution in [0.1, 0.15) is 34.3 Å². The standard InChI is InChI=1S/C27H26ClN3O6/c1-17-7-10-21(15-18(17)2)37-20-11-8-19(9-12-20)29-24(32)13-14-26(34)36-16-25(33)30-31-27(35)22-5-3-4-6-23(22)28/h3-12,15H,13-14,16H2,1-2H3,(H,29,32)(H,30,33)(H,31,35). The van der Waals surface area contributed by atoms with E-state index in [9.17, 15) is 19.2 Å². The largest absolute Gasteiger partial charge is 0.457 e. The van der Waals surface area contributed by atoms with E-state index in [1.165, 1.54) is 17.7 Å². The fraction of sp³-hybridized carbons (Fsp3) is 0.185.